The van der Waals surface area contributed by atoms with Gasteiger partial charge in [0.25, 0.3) is 0 Å². The van der Waals surface area contributed by atoms with Gasteiger partial charge in [-0.15, -0.1) is 0 Å². The molecule has 11 heteroatoms. The van der Waals surface area contributed by atoms with E-state index in [4.69, 9.17) is 31.4 Å². The molecule has 2 saturated heterocycles. The second kappa shape index (κ2) is 16.0. The smallest absolute Gasteiger partial charge is 0.394 e. The minimum absolute atomic E-state index is 0.0264. The van der Waals surface area contributed by atoms with Gasteiger partial charge in [-0.3, -0.25) is 9.11 Å². The van der Waals surface area contributed by atoms with Crippen LogP contribution in [0.5, 0.6) is 11.5 Å². The molecule has 0 radical (unpaired) electrons. The lowest BCUT2D eigenvalue weighted by molar-refractivity contribution is -0.0426. The Morgan fingerprint density at radius 1 is 0.935 bits per heavy atom. The molecule has 2 fully saturated rings. The van der Waals surface area contributed by atoms with Gasteiger partial charge in [0.2, 0.25) is 0 Å². The van der Waals surface area contributed by atoms with Crippen LogP contribution < -0.4 is 10.4 Å². The predicted octanol–water partition coefficient (Wildman–Crippen LogP) is 6.61. The number of phenolic OH excluding ortho intramolecular Hbond substituents is 1. The van der Waals surface area contributed by atoms with Gasteiger partial charge >= 0.3 is 16.0 Å². The largest absolute Gasteiger partial charge is 0.504 e. The van der Waals surface area contributed by atoms with E-state index in [1.165, 1.54) is 55.0 Å². The molecule has 0 aliphatic carbocycles. The number of nitrogens with zero attached hydrogens (tertiary/aromatic N) is 1. The summed E-state index contributed by atoms with van der Waals surface area (Å²) in [6, 6.07) is 28.7. The lowest BCUT2D eigenvalue weighted by Crippen LogP contribution is -2.43. The van der Waals surface area contributed by atoms with Crippen LogP contribution in [0.25, 0.3) is 11.0 Å². The van der Waals surface area contributed by atoms with Crippen molar-refractivity contribution in [2.24, 2.45) is 0 Å². The highest BCUT2D eigenvalue weighted by molar-refractivity contribution is 7.79. The summed E-state index contributed by atoms with van der Waals surface area (Å²) in [5, 5.41) is 10.4. The fourth-order valence-electron chi connectivity index (χ4n) is 5.77. The highest BCUT2D eigenvalue weighted by atomic mass is 32.3. The van der Waals surface area contributed by atoms with Crippen LogP contribution in [-0.2, 0) is 15.1 Å². The number of ether oxygens (including phenoxy) is 2. The summed E-state index contributed by atoms with van der Waals surface area (Å²) < 4.78 is 48.7. The van der Waals surface area contributed by atoms with Crippen molar-refractivity contribution in [3.8, 4) is 11.5 Å². The summed E-state index contributed by atoms with van der Waals surface area (Å²) in [5.74, 6) is 0.327. The van der Waals surface area contributed by atoms with Crippen LogP contribution in [-0.4, -0.2) is 59.4 Å². The number of hydrogen-bond donors (Lipinski definition) is 3. The summed E-state index contributed by atoms with van der Waals surface area (Å²) in [6.07, 6.45) is 7.32. The molecule has 3 aromatic carbocycles. The van der Waals surface area contributed by atoms with E-state index in [0.29, 0.717) is 41.5 Å². The van der Waals surface area contributed by atoms with Crippen LogP contribution in [0.4, 0.5) is 0 Å². The van der Waals surface area contributed by atoms with Gasteiger partial charge in [0.05, 0.1) is 6.10 Å². The Balaban J connectivity index is 0.000000187. The number of hydrogen-bond acceptors (Lipinski definition) is 8. The third kappa shape index (κ3) is 10.5. The summed E-state index contributed by atoms with van der Waals surface area (Å²) in [5.41, 5.74) is 3.60. The molecule has 10 nitrogen and oxygen atoms in total. The van der Waals surface area contributed by atoms with Crippen LogP contribution >= 0.6 is 0 Å². The molecule has 0 saturated carbocycles. The van der Waals surface area contributed by atoms with Gasteiger partial charge < -0.3 is 23.9 Å². The van der Waals surface area contributed by atoms with E-state index in [1.807, 2.05) is 19.9 Å². The molecule has 246 valence electrons. The molecule has 2 atom stereocenters. The van der Waals surface area contributed by atoms with Gasteiger partial charge in [0.1, 0.15) is 18.3 Å². The van der Waals surface area contributed by atoms with E-state index in [2.05, 4.69) is 72.6 Å². The molecular weight excluding hydrogens is 610 g/mol. The number of allylic oxidation sites excluding steroid dienone is 1. The quantitative estimate of drug-likeness (QED) is 0.113. The molecule has 3 N–H and O–H groups in total. The van der Waals surface area contributed by atoms with Crippen molar-refractivity contribution in [1.82, 2.24) is 4.90 Å². The number of phenols is 1. The lowest BCUT2D eigenvalue weighted by atomic mass is 9.97. The molecule has 2 bridgehead atoms. The van der Waals surface area contributed by atoms with Gasteiger partial charge in [0, 0.05) is 29.6 Å². The third-order valence-corrected chi connectivity index (χ3v) is 8.02. The molecular formula is C35H41NO9S. The number of rotatable bonds is 7. The van der Waals surface area contributed by atoms with Crippen molar-refractivity contribution >= 4 is 21.4 Å². The van der Waals surface area contributed by atoms with Gasteiger partial charge in [-0.2, -0.15) is 8.42 Å². The van der Waals surface area contributed by atoms with Crippen LogP contribution in [0.15, 0.2) is 106 Å². The molecule has 2 aliphatic heterocycles. The Bertz CT molecular complexity index is 1690. The fourth-order valence-corrected chi connectivity index (χ4v) is 5.77. The van der Waals surface area contributed by atoms with Crippen molar-refractivity contribution in [2.45, 2.75) is 63.8 Å². The molecule has 3 heterocycles. The molecule has 2 aliphatic rings. The lowest BCUT2D eigenvalue weighted by Gasteiger charge is -2.38. The standard InChI is InChI=1S/C21H25NO.C14H14O4.H2O4S/c1-22-18-12-13-19(22)15-20(14-18)23-21(16-8-4-2-5-9-16)17-10-6-3-7-11-17;1-9(2)5-6-17-13-8-12-10(7-11(13)15)3-4-14(16)18-12;1-5(2,3)4/h2-11,18-21H,12-15H2,1H3;3-5,7-8,15H,6H2,1-2H3;(H2,1,2,3,4). The molecule has 2 unspecified atom stereocenters. The van der Waals surface area contributed by atoms with Crippen LogP contribution in [0.3, 0.4) is 0 Å². The Labute approximate surface area is 269 Å². The first-order chi connectivity index (χ1) is 21.9. The summed E-state index contributed by atoms with van der Waals surface area (Å²) in [7, 11) is -2.38. The molecule has 46 heavy (non-hydrogen) atoms. The number of aromatic hydroxyl groups is 1. The van der Waals surface area contributed by atoms with Crippen LogP contribution in [0.2, 0.25) is 0 Å². The number of fused-ring (bicyclic) bond motifs is 3. The second-order valence-corrected chi connectivity index (χ2v) is 12.5. The maximum atomic E-state index is 11.1. The highest BCUT2D eigenvalue weighted by Gasteiger charge is 2.39. The van der Waals surface area contributed by atoms with Gasteiger partial charge in [-0.1, -0.05) is 66.2 Å². The second-order valence-electron chi connectivity index (χ2n) is 11.6. The molecule has 0 amide bonds. The van der Waals surface area contributed by atoms with E-state index in [0.717, 1.165) is 5.57 Å². The summed E-state index contributed by atoms with van der Waals surface area (Å²) in [6.45, 7) is 4.28. The van der Waals surface area contributed by atoms with Gasteiger partial charge in [0.15, 0.2) is 11.5 Å². The van der Waals surface area contributed by atoms with Gasteiger partial charge in [-0.05, 0) is 75.9 Å². The monoisotopic (exact) mass is 651 g/mol. The first kappa shape index (κ1) is 34.9. The highest BCUT2D eigenvalue weighted by Crippen LogP contribution is 2.38. The van der Waals surface area contributed by atoms with Crippen molar-refractivity contribution in [3.05, 3.63) is 118 Å². The molecule has 4 aromatic rings. The zero-order valence-electron chi connectivity index (χ0n) is 26.2. The molecule has 0 spiro atoms. The first-order valence-corrected chi connectivity index (χ1v) is 16.5. The van der Waals surface area contributed by atoms with Crippen molar-refractivity contribution < 1.29 is 36.5 Å². The SMILES string of the molecule is CC(C)=CCOc1cc2oc(=O)ccc2cc1O.CN1C2CCC1CC(OC(c1ccccc1)c1ccccc1)C2.O=S(=O)(O)O. The predicted molar refractivity (Wildman–Crippen MR) is 177 cm³/mol. The Kier molecular flexibility index (Phi) is 12.1. The third-order valence-electron chi connectivity index (χ3n) is 8.02. The Hall–Kier alpha value is -4.00. The van der Waals surface area contributed by atoms with Crippen molar-refractivity contribution in [2.75, 3.05) is 13.7 Å². The van der Waals surface area contributed by atoms with E-state index in [1.54, 1.807) is 6.07 Å². The zero-order valence-corrected chi connectivity index (χ0v) is 27.0. The van der Waals surface area contributed by atoms with Crippen molar-refractivity contribution in [1.29, 1.82) is 0 Å². The van der Waals surface area contributed by atoms with Crippen LogP contribution in [0.1, 0.15) is 56.8 Å². The topological polar surface area (TPSA) is 147 Å². The van der Waals surface area contributed by atoms with Gasteiger partial charge in [-0.25, -0.2) is 4.79 Å². The van der Waals surface area contributed by atoms with E-state index in [-0.39, 0.29) is 11.9 Å². The summed E-state index contributed by atoms with van der Waals surface area (Å²) >= 11 is 0. The Morgan fingerprint density at radius 3 is 2.00 bits per heavy atom. The average molecular weight is 652 g/mol. The minimum Gasteiger partial charge on any atom is -0.504 e. The van der Waals surface area contributed by atoms with E-state index < -0.39 is 16.0 Å². The maximum Gasteiger partial charge on any atom is 0.394 e. The molecule has 6 rings (SSSR count). The normalized spacial score (nSPS) is 19.0. The maximum absolute atomic E-state index is 11.1. The van der Waals surface area contributed by atoms with E-state index >= 15 is 0 Å². The average Bonchev–Trinajstić information content (AvgIpc) is 3.20. The van der Waals surface area contributed by atoms with E-state index in [9.17, 15) is 9.90 Å². The number of piperidine rings is 1. The zero-order chi connectivity index (χ0) is 33.3. The Morgan fingerprint density at radius 2 is 1.48 bits per heavy atom. The minimum atomic E-state index is -4.67. The van der Waals surface area contributed by atoms with Crippen LogP contribution in [0, 0.1) is 0 Å². The first-order valence-electron chi connectivity index (χ1n) is 15.1. The summed E-state index contributed by atoms with van der Waals surface area (Å²) in [4.78, 5) is 13.7. The van der Waals surface area contributed by atoms with Crippen molar-refractivity contribution in [3.63, 3.8) is 0 Å². The molecule has 1 aromatic heterocycles. The fraction of sp³-hybridized carbons (Fsp3) is 0.343. The number of benzene rings is 3.